The minimum Gasteiger partial charge on any atom is -0.481 e. The van der Waals surface area contributed by atoms with Gasteiger partial charge >= 0.3 is 12.1 Å². The van der Waals surface area contributed by atoms with Crippen LogP contribution in [-0.2, 0) is 9.53 Å². The highest BCUT2D eigenvalue weighted by Gasteiger charge is 2.62. The molecule has 132 valence electrons. The Bertz CT molecular complexity index is 454. The van der Waals surface area contributed by atoms with Gasteiger partial charge in [-0.1, -0.05) is 32.1 Å². The average molecular weight is 327 g/mol. The van der Waals surface area contributed by atoms with E-state index in [1.54, 1.807) is 20.8 Å². The van der Waals surface area contributed by atoms with Crippen LogP contribution in [0.15, 0.2) is 0 Å². The monoisotopic (exact) mass is 327 g/mol. The molecule has 0 atom stereocenters. The van der Waals surface area contributed by atoms with E-state index in [1.807, 2.05) is 0 Å². The summed E-state index contributed by atoms with van der Waals surface area (Å²) in [6.07, 6.45) is 5.19. The average Bonchev–Trinajstić information content (AvgIpc) is 2.32. The summed E-state index contributed by atoms with van der Waals surface area (Å²) in [5, 5.41) is 20.8. The first-order valence-electron chi connectivity index (χ1n) is 8.53. The molecule has 1 saturated heterocycles. The summed E-state index contributed by atoms with van der Waals surface area (Å²) >= 11 is 0. The lowest BCUT2D eigenvalue weighted by Gasteiger charge is -2.55. The van der Waals surface area contributed by atoms with E-state index in [0.717, 1.165) is 32.1 Å². The van der Waals surface area contributed by atoms with E-state index in [4.69, 9.17) is 4.74 Å². The largest absolute Gasteiger partial charge is 0.481 e. The Labute approximate surface area is 137 Å². The number of carboxylic acids is 1. The van der Waals surface area contributed by atoms with Gasteiger partial charge in [0.15, 0.2) is 0 Å². The van der Waals surface area contributed by atoms with E-state index in [-0.39, 0.29) is 13.1 Å². The number of carboxylic acid groups (broad SMARTS) is 1. The lowest BCUT2D eigenvalue weighted by molar-refractivity contribution is -0.202. The van der Waals surface area contributed by atoms with Gasteiger partial charge in [-0.2, -0.15) is 0 Å². The first-order chi connectivity index (χ1) is 10.6. The molecule has 2 rings (SSSR count). The van der Waals surface area contributed by atoms with Crippen LogP contribution in [0.25, 0.3) is 0 Å². The van der Waals surface area contributed by atoms with Crippen LogP contribution in [0, 0.1) is 5.41 Å². The zero-order chi connectivity index (χ0) is 17.3. The standard InChI is InChI=1S/C17H29NO5/c1-15(2,3)23-14(21)18-11-17(22,12-18)16(13(19)20)9-7-5-4-6-8-10-16/h22H,4-12H2,1-3H3,(H,19,20). The number of aliphatic hydroxyl groups is 1. The Morgan fingerprint density at radius 3 is 1.91 bits per heavy atom. The fourth-order valence-electron chi connectivity index (χ4n) is 3.73. The van der Waals surface area contributed by atoms with Gasteiger partial charge in [-0.25, -0.2) is 4.79 Å². The summed E-state index contributed by atoms with van der Waals surface area (Å²) in [6.45, 7) is 5.42. The first-order valence-corrected chi connectivity index (χ1v) is 8.53. The lowest BCUT2D eigenvalue weighted by atomic mass is 9.61. The second-order valence-corrected chi connectivity index (χ2v) is 8.02. The Hall–Kier alpha value is -1.30. The van der Waals surface area contributed by atoms with Crippen molar-refractivity contribution in [1.29, 1.82) is 0 Å². The number of carbonyl (C=O) groups is 2. The number of β-amino-alcohol motifs (C(OH)–C–C–N with tert-alkyl or cyclic N) is 1. The lowest BCUT2D eigenvalue weighted by Crippen LogP contribution is -2.73. The van der Waals surface area contributed by atoms with Crippen LogP contribution in [-0.4, -0.2) is 51.5 Å². The fourth-order valence-corrected chi connectivity index (χ4v) is 3.73. The minimum absolute atomic E-state index is 0.0359. The normalized spacial score (nSPS) is 24.1. The van der Waals surface area contributed by atoms with Crippen LogP contribution in [0.4, 0.5) is 4.79 Å². The first kappa shape index (κ1) is 18.0. The molecule has 1 aliphatic carbocycles. The van der Waals surface area contributed by atoms with Gasteiger partial charge in [0.1, 0.15) is 11.2 Å². The topological polar surface area (TPSA) is 87.1 Å². The quantitative estimate of drug-likeness (QED) is 0.814. The van der Waals surface area contributed by atoms with Crippen LogP contribution in [0.1, 0.15) is 65.7 Å². The van der Waals surface area contributed by atoms with Gasteiger partial charge in [0.05, 0.1) is 18.5 Å². The molecular formula is C17H29NO5. The van der Waals surface area contributed by atoms with E-state index >= 15 is 0 Å². The molecule has 0 aromatic heterocycles. The summed E-state index contributed by atoms with van der Waals surface area (Å²) in [7, 11) is 0. The summed E-state index contributed by atoms with van der Waals surface area (Å²) < 4.78 is 5.29. The number of likely N-dealkylation sites (tertiary alicyclic amines) is 1. The van der Waals surface area contributed by atoms with Crippen LogP contribution in [0.3, 0.4) is 0 Å². The number of hydrogen-bond donors (Lipinski definition) is 2. The Kier molecular flexibility index (Phi) is 4.95. The molecule has 0 spiro atoms. The maximum Gasteiger partial charge on any atom is 0.410 e. The number of ether oxygens (including phenoxy) is 1. The van der Waals surface area contributed by atoms with Gasteiger partial charge in [0.2, 0.25) is 0 Å². The third-order valence-corrected chi connectivity index (χ3v) is 5.06. The van der Waals surface area contributed by atoms with Crippen LogP contribution in [0.2, 0.25) is 0 Å². The van der Waals surface area contributed by atoms with Crippen molar-refractivity contribution in [2.24, 2.45) is 5.41 Å². The molecule has 2 N–H and O–H groups in total. The number of hydrogen-bond acceptors (Lipinski definition) is 4. The van der Waals surface area contributed by atoms with E-state index in [9.17, 15) is 19.8 Å². The fraction of sp³-hybridized carbons (Fsp3) is 0.882. The van der Waals surface area contributed by atoms with E-state index in [0.29, 0.717) is 12.8 Å². The second-order valence-electron chi connectivity index (χ2n) is 8.02. The molecule has 0 aromatic carbocycles. The molecule has 1 heterocycles. The van der Waals surface area contributed by atoms with Gasteiger partial charge in [-0.05, 0) is 33.6 Å². The molecule has 2 fully saturated rings. The molecule has 0 bridgehead atoms. The van der Waals surface area contributed by atoms with Crippen molar-refractivity contribution in [2.75, 3.05) is 13.1 Å². The molecule has 23 heavy (non-hydrogen) atoms. The number of carbonyl (C=O) groups excluding carboxylic acids is 1. The van der Waals surface area contributed by atoms with E-state index < -0.39 is 28.7 Å². The Morgan fingerprint density at radius 1 is 1.00 bits per heavy atom. The number of amides is 1. The maximum absolute atomic E-state index is 12.1. The minimum atomic E-state index is -1.35. The summed E-state index contributed by atoms with van der Waals surface area (Å²) in [5.74, 6) is -0.939. The third kappa shape index (κ3) is 3.62. The summed E-state index contributed by atoms with van der Waals surface area (Å²) in [6, 6.07) is 0. The zero-order valence-electron chi connectivity index (χ0n) is 14.4. The van der Waals surface area contributed by atoms with Crippen LogP contribution < -0.4 is 0 Å². The molecule has 1 saturated carbocycles. The zero-order valence-corrected chi connectivity index (χ0v) is 14.4. The number of rotatable bonds is 2. The molecule has 1 amide bonds. The highest BCUT2D eigenvalue weighted by molar-refractivity contribution is 5.78. The van der Waals surface area contributed by atoms with Crippen molar-refractivity contribution in [3.63, 3.8) is 0 Å². The van der Waals surface area contributed by atoms with Crippen molar-refractivity contribution in [2.45, 2.75) is 76.9 Å². The van der Waals surface area contributed by atoms with Crippen molar-refractivity contribution in [3.05, 3.63) is 0 Å². The smallest absolute Gasteiger partial charge is 0.410 e. The predicted octanol–water partition coefficient (Wildman–Crippen LogP) is 2.78. The Balaban J connectivity index is 2.09. The molecule has 0 unspecified atom stereocenters. The van der Waals surface area contributed by atoms with Crippen LogP contribution >= 0.6 is 0 Å². The highest BCUT2D eigenvalue weighted by atomic mass is 16.6. The summed E-state index contributed by atoms with van der Waals surface area (Å²) in [4.78, 5) is 25.4. The molecule has 0 aromatic rings. The maximum atomic E-state index is 12.1. The Morgan fingerprint density at radius 2 is 1.48 bits per heavy atom. The molecule has 1 aliphatic heterocycles. The van der Waals surface area contributed by atoms with Crippen LogP contribution in [0.5, 0.6) is 0 Å². The molecule has 2 aliphatic rings. The van der Waals surface area contributed by atoms with Gasteiger partial charge in [0.25, 0.3) is 0 Å². The van der Waals surface area contributed by atoms with Gasteiger partial charge in [0, 0.05) is 0 Å². The van der Waals surface area contributed by atoms with Gasteiger partial charge in [-0.15, -0.1) is 0 Å². The molecule has 6 heteroatoms. The van der Waals surface area contributed by atoms with Gasteiger partial charge in [-0.3, -0.25) is 4.79 Å². The third-order valence-electron chi connectivity index (χ3n) is 5.06. The second kappa shape index (κ2) is 6.30. The van der Waals surface area contributed by atoms with Crippen molar-refractivity contribution >= 4 is 12.1 Å². The van der Waals surface area contributed by atoms with Gasteiger partial charge < -0.3 is 19.8 Å². The number of aliphatic carboxylic acids is 1. The summed E-state index contributed by atoms with van der Waals surface area (Å²) in [5.41, 5.74) is -3.10. The number of nitrogens with zero attached hydrogens (tertiary/aromatic N) is 1. The van der Waals surface area contributed by atoms with Crippen molar-refractivity contribution < 1.29 is 24.5 Å². The van der Waals surface area contributed by atoms with Crippen molar-refractivity contribution in [3.8, 4) is 0 Å². The van der Waals surface area contributed by atoms with E-state index in [2.05, 4.69) is 0 Å². The molecular weight excluding hydrogens is 298 g/mol. The van der Waals surface area contributed by atoms with Crippen molar-refractivity contribution in [1.82, 2.24) is 4.90 Å². The predicted molar refractivity (Wildman–Crippen MR) is 85.1 cm³/mol. The van der Waals surface area contributed by atoms with E-state index in [1.165, 1.54) is 4.90 Å². The highest BCUT2D eigenvalue weighted by Crippen LogP contribution is 2.48. The SMILES string of the molecule is CC(C)(C)OC(=O)N1CC(O)(C2(C(=O)O)CCCCCCC2)C1. The molecule has 6 nitrogen and oxygen atoms in total. The molecule has 0 radical (unpaired) electrons.